The van der Waals surface area contributed by atoms with Crippen LogP contribution in [0, 0.1) is 11.3 Å². The summed E-state index contributed by atoms with van der Waals surface area (Å²) in [6.07, 6.45) is 1.49. The Balaban J connectivity index is 1.18. The summed E-state index contributed by atoms with van der Waals surface area (Å²) in [4.78, 5) is 36.1. The number of fused-ring (bicyclic) bond motifs is 4. The second-order valence-electron chi connectivity index (χ2n) is 9.20. The summed E-state index contributed by atoms with van der Waals surface area (Å²) < 4.78 is 5.61. The fourth-order valence-electron chi connectivity index (χ4n) is 5.50. The van der Waals surface area contributed by atoms with Crippen molar-refractivity contribution in [3.63, 3.8) is 0 Å². The first-order chi connectivity index (χ1) is 15.4. The summed E-state index contributed by atoms with van der Waals surface area (Å²) in [5.74, 6) is -1.10. The van der Waals surface area contributed by atoms with Gasteiger partial charge < -0.3 is 20.5 Å². The Bertz CT molecular complexity index is 1050. The van der Waals surface area contributed by atoms with Crippen molar-refractivity contribution in [2.75, 3.05) is 6.61 Å². The zero-order valence-electron chi connectivity index (χ0n) is 17.8. The minimum Gasteiger partial charge on any atom is -0.480 e. The van der Waals surface area contributed by atoms with Crippen LogP contribution in [0.5, 0.6) is 0 Å². The first-order valence-electron chi connectivity index (χ1n) is 11.0. The molecule has 0 saturated heterocycles. The molecule has 0 bridgehead atoms. The van der Waals surface area contributed by atoms with Gasteiger partial charge in [-0.05, 0) is 54.4 Å². The van der Waals surface area contributed by atoms with Crippen molar-refractivity contribution in [3.8, 4) is 11.1 Å². The van der Waals surface area contributed by atoms with Crippen molar-refractivity contribution < 1.29 is 24.2 Å². The highest BCUT2D eigenvalue weighted by atomic mass is 16.5. The molecule has 32 heavy (non-hydrogen) atoms. The molecular weight excluding hydrogens is 408 g/mol. The second kappa shape index (κ2) is 7.65. The van der Waals surface area contributed by atoms with Crippen LogP contribution in [0.15, 0.2) is 48.5 Å². The summed E-state index contributed by atoms with van der Waals surface area (Å²) in [5.41, 5.74) is 4.12. The highest BCUT2D eigenvalue weighted by Gasteiger charge is 2.65. The van der Waals surface area contributed by atoms with Crippen molar-refractivity contribution in [1.82, 2.24) is 10.6 Å². The smallest absolute Gasteiger partial charge is 0.407 e. The number of carboxylic acid groups (broad SMARTS) is 1. The Labute approximate surface area is 186 Å². The van der Waals surface area contributed by atoms with Crippen molar-refractivity contribution in [2.45, 2.75) is 44.2 Å². The predicted molar refractivity (Wildman–Crippen MR) is 117 cm³/mol. The molecule has 0 spiro atoms. The average Bonchev–Trinajstić information content (AvgIpc) is 3.21. The fraction of sp³-hybridized carbons (Fsp3) is 0.400. The molecule has 166 valence electrons. The summed E-state index contributed by atoms with van der Waals surface area (Å²) >= 11 is 0. The Hall–Kier alpha value is -3.35. The van der Waals surface area contributed by atoms with Crippen LogP contribution in [0.25, 0.3) is 11.1 Å². The van der Waals surface area contributed by atoms with Gasteiger partial charge in [-0.2, -0.15) is 0 Å². The van der Waals surface area contributed by atoms with Crippen molar-refractivity contribution in [2.24, 2.45) is 11.3 Å². The van der Waals surface area contributed by atoms with E-state index in [-0.39, 0.29) is 30.4 Å². The summed E-state index contributed by atoms with van der Waals surface area (Å²) in [6.45, 7) is 1.70. The normalized spacial score (nSPS) is 25.8. The lowest BCUT2D eigenvalue weighted by Gasteiger charge is -2.20. The molecule has 0 aliphatic heterocycles. The Morgan fingerprint density at radius 1 is 1.06 bits per heavy atom. The van der Waals surface area contributed by atoms with E-state index in [1.807, 2.05) is 24.3 Å². The zero-order valence-corrected chi connectivity index (χ0v) is 17.8. The first kappa shape index (κ1) is 20.5. The van der Waals surface area contributed by atoms with Gasteiger partial charge in [-0.3, -0.25) is 9.59 Å². The maximum Gasteiger partial charge on any atom is 0.407 e. The number of nitrogens with one attached hydrogen (secondary N) is 2. The van der Waals surface area contributed by atoms with Crippen LogP contribution in [0.2, 0.25) is 0 Å². The molecule has 2 aromatic carbocycles. The van der Waals surface area contributed by atoms with Gasteiger partial charge in [-0.1, -0.05) is 48.5 Å². The van der Waals surface area contributed by atoms with Gasteiger partial charge in [0.1, 0.15) is 12.6 Å². The molecule has 0 heterocycles. The van der Waals surface area contributed by atoms with Crippen molar-refractivity contribution in [3.05, 3.63) is 59.7 Å². The molecular formula is C25H26N2O5. The average molecular weight is 434 g/mol. The number of carbonyl (C=O) groups is 3. The number of alkyl carbamates (subject to hydrolysis) is 1. The van der Waals surface area contributed by atoms with Gasteiger partial charge >= 0.3 is 12.1 Å². The topological polar surface area (TPSA) is 105 Å². The second-order valence-corrected chi connectivity index (χ2v) is 9.20. The monoisotopic (exact) mass is 434 g/mol. The number of hydrogen-bond acceptors (Lipinski definition) is 4. The number of ether oxygens (including phenoxy) is 1. The third kappa shape index (κ3) is 3.42. The maximum absolute atomic E-state index is 12.6. The molecule has 3 aliphatic carbocycles. The molecule has 2 amide bonds. The number of rotatable bonds is 6. The van der Waals surface area contributed by atoms with E-state index in [1.54, 1.807) is 0 Å². The minimum absolute atomic E-state index is 0.000225. The first-order valence-corrected chi connectivity index (χ1v) is 11.0. The van der Waals surface area contributed by atoms with Crippen LogP contribution >= 0.6 is 0 Å². The van der Waals surface area contributed by atoms with E-state index in [9.17, 15) is 14.4 Å². The van der Waals surface area contributed by atoms with Gasteiger partial charge in [0.15, 0.2) is 0 Å². The van der Waals surface area contributed by atoms with E-state index in [0.29, 0.717) is 12.8 Å². The van der Waals surface area contributed by atoms with Crippen molar-refractivity contribution in [1.29, 1.82) is 0 Å². The number of benzene rings is 2. The zero-order chi connectivity index (χ0) is 22.5. The summed E-state index contributed by atoms with van der Waals surface area (Å²) in [7, 11) is 0. The van der Waals surface area contributed by atoms with Crippen molar-refractivity contribution >= 4 is 18.0 Å². The largest absolute Gasteiger partial charge is 0.480 e. The highest BCUT2D eigenvalue weighted by molar-refractivity contribution is 5.90. The Morgan fingerprint density at radius 2 is 1.69 bits per heavy atom. The highest BCUT2D eigenvalue weighted by Crippen LogP contribution is 2.63. The molecule has 2 fully saturated rings. The number of hydrogen-bond donors (Lipinski definition) is 3. The summed E-state index contributed by atoms with van der Waals surface area (Å²) in [6, 6.07) is 15.3. The van der Waals surface area contributed by atoms with E-state index in [0.717, 1.165) is 17.5 Å². The van der Waals surface area contributed by atoms with E-state index >= 15 is 0 Å². The molecule has 0 radical (unpaired) electrons. The number of carboxylic acids is 1. The van der Waals surface area contributed by atoms with Gasteiger partial charge in [0.05, 0.1) is 5.41 Å². The Kier molecular flexibility index (Phi) is 4.92. The van der Waals surface area contributed by atoms with Gasteiger partial charge in [-0.15, -0.1) is 0 Å². The minimum atomic E-state index is -1.06. The van der Waals surface area contributed by atoms with Gasteiger partial charge in [-0.25, -0.2) is 4.79 Å². The molecule has 2 saturated carbocycles. The van der Waals surface area contributed by atoms with Crippen LogP contribution in [-0.4, -0.2) is 41.8 Å². The number of amides is 2. The SMILES string of the molecule is C[C@@H](NC(=O)[C@@]12C[C@@H](NC(=O)OCC3c4ccccc4-c4ccccc43)C[C@@H]1C2)C(=O)O. The maximum atomic E-state index is 12.6. The third-order valence-electron chi connectivity index (χ3n) is 7.25. The van der Waals surface area contributed by atoms with E-state index in [2.05, 4.69) is 34.9 Å². The predicted octanol–water partition coefficient (Wildman–Crippen LogP) is 3.28. The van der Waals surface area contributed by atoms with Crippen LogP contribution in [0.3, 0.4) is 0 Å². The van der Waals surface area contributed by atoms with Gasteiger partial charge in [0.25, 0.3) is 0 Å². The lowest BCUT2D eigenvalue weighted by atomic mass is 9.98. The van der Waals surface area contributed by atoms with E-state index < -0.39 is 23.5 Å². The van der Waals surface area contributed by atoms with E-state index in [1.165, 1.54) is 18.1 Å². The molecule has 3 aliphatic rings. The third-order valence-corrected chi connectivity index (χ3v) is 7.25. The lowest BCUT2D eigenvalue weighted by Crippen LogP contribution is -2.43. The standard InChI is InChI=1S/C25H26N2O5/c1-14(22(28)29)26-23(30)25-11-15(25)10-16(12-25)27-24(31)32-13-21-19-8-4-2-6-17(19)18-7-3-5-9-20(18)21/h2-9,14-16,21H,10-13H2,1H3,(H,26,30)(H,27,31)(H,28,29)/t14-,15-,16+,25+/m1/s1. The Morgan fingerprint density at radius 3 is 2.31 bits per heavy atom. The van der Waals surface area contributed by atoms with Crippen LogP contribution in [-0.2, 0) is 14.3 Å². The molecule has 3 N–H and O–H groups in total. The van der Waals surface area contributed by atoms with Gasteiger partial charge in [0, 0.05) is 12.0 Å². The van der Waals surface area contributed by atoms with Gasteiger partial charge in [0.2, 0.25) is 5.91 Å². The molecule has 0 unspecified atom stereocenters. The molecule has 0 aromatic heterocycles. The van der Waals surface area contributed by atoms with Crippen LogP contribution in [0.1, 0.15) is 43.2 Å². The molecule has 7 nitrogen and oxygen atoms in total. The molecule has 7 heteroatoms. The van der Waals surface area contributed by atoms with Crippen LogP contribution < -0.4 is 10.6 Å². The van der Waals surface area contributed by atoms with E-state index in [4.69, 9.17) is 9.84 Å². The van der Waals surface area contributed by atoms with Crippen LogP contribution in [0.4, 0.5) is 4.79 Å². The molecule has 2 aromatic rings. The molecule has 4 atom stereocenters. The molecule has 5 rings (SSSR count). The lowest BCUT2D eigenvalue weighted by molar-refractivity contribution is -0.142. The quantitative estimate of drug-likeness (QED) is 0.647. The fourth-order valence-corrected chi connectivity index (χ4v) is 5.50. The summed E-state index contributed by atoms with van der Waals surface area (Å²) in [5, 5.41) is 14.5. The number of carbonyl (C=O) groups excluding carboxylic acids is 2. The number of aliphatic carboxylic acids is 1.